The summed E-state index contributed by atoms with van der Waals surface area (Å²) in [6, 6.07) is 4.61. The number of fused-ring (bicyclic) bond motifs is 2. The van der Waals surface area contributed by atoms with Crippen LogP contribution in [0.15, 0.2) is 46.4 Å². The lowest BCUT2D eigenvalue weighted by atomic mass is 10.1. The second-order valence-electron chi connectivity index (χ2n) is 14.9. The predicted molar refractivity (Wildman–Crippen MR) is 239 cm³/mol. The van der Waals surface area contributed by atoms with Gasteiger partial charge < -0.3 is 28.8 Å². The van der Waals surface area contributed by atoms with E-state index in [1.807, 2.05) is 19.9 Å². The zero-order chi connectivity index (χ0) is 44.9. The van der Waals surface area contributed by atoms with E-state index in [1.165, 1.54) is 59.3 Å². The van der Waals surface area contributed by atoms with Gasteiger partial charge in [-0.2, -0.15) is 5.10 Å². The molecule has 0 aliphatic carbocycles. The molecule has 5 heterocycles. The smallest absolute Gasteiger partial charge is 0.335 e. The number of amides is 2. The van der Waals surface area contributed by atoms with Crippen LogP contribution in [0, 0.1) is 6.92 Å². The van der Waals surface area contributed by atoms with E-state index in [0.717, 1.165) is 24.6 Å². The molecule has 334 valence electrons. The Kier molecular flexibility index (Phi) is 14.1. The number of nitrogens with zero attached hydrogens (tertiary/aromatic N) is 8. The van der Waals surface area contributed by atoms with Crippen molar-refractivity contribution >= 4 is 86.5 Å². The number of rotatable bonds is 18. The number of aryl methyl sites for hydroxylation is 2. The summed E-state index contributed by atoms with van der Waals surface area (Å²) in [6.45, 7) is 11.6. The van der Waals surface area contributed by atoms with Gasteiger partial charge in [0.15, 0.2) is 12.2 Å². The number of carbonyl (C=O) groups is 4. The number of hydrazone groups is 1. The van der Waals surface area contributed by atoms with Gasteiger partial charge in [0.25, 0.3) is 11.8 Å². The van der Waals surface area contributed by atoms with Crippen molar-refractivity contribution in [3.8, 4) is 5.75 Å². The summed E-state index contributed by atoms with van der Waals surface area (Å²) in [6.07, 6.45) is 4.98. The topological polar surface area (TPSA) is 219 Å². The van der Waals surface area contributed by atoms with Crippen molar-refractivity contribution in [2.45, 2.75) is 70.7 Å². The summed E-state index contributed by atoms with van der Waals surface area (Å²) in [5.74, 6) is -2.90. The molecule has 1 saturated heterocycles. The number of nitrogens with one attached hydrogen (secondary N) is 2. The fourth-order valence-corrected chi connectivity index (χ4v) is 9.19. The van der Waals surface area contributed by atoms with Crippen molar-refractivity contribution in [2.75, 3.05) is 62.9 Å². The van der Waals surface area contributed by atoms with E-state index in [4.69, 9.17) is 14.5 Å². The fourth-order valence-electron chi connectivity index (χ4n) is 7.64. The van der Waals surface area contributed by atoms with Crippen LogP contribution in [0.25, 0.3) is 22.1 Å². The number of aromatic carboxylic acids is 2. The molecule has 0 spiro atoms. The van der Waals surface area contributed by atoms with Crippen molar-refractivity contribution in [3.63, 3.8) is 0 Å². The molecule has 2 amide bonds. The number of thioether (sulfide) groups is 1. The molecule has 2 aliphatic rings. The molecule has 3 aromatic heterocycles. The molecule has 2 aromatic carbocycles. The Bertz CT molecular complexity index is 2620. The number of alkyl halides is 1. The SMILES string of the molecule is CCc1nc(C)sc1C(=O)Nc1nc2cc(C(=O)O)cc(OCCCN3CCOCC3)c2n1C/C=C/Cn1c(NC(=O)C2C(F)C(C)=NN2CC)nc2cc(C(=O)O)cc(SC)c21. The van der Waals surface area contributed by atoms with Gasteiger partial charge in [-0.15, -0.1) is 23.1 Å². The van der Waals surface area contributed by atoms with Gasteiger partial charge in [0.2, 0.25) is 11.9 Å². The fraction of sp³-hybridized carbons (Fsp3) is 0.429. The molecule has 2 atom stereocenters. The number of carboxylic acids is 2. The minimum atomic E-state index is -1.64. The van der Waals surface area contributed by atoms with Crippen LogP contribution in [0.4, 0.5) is 16.3 Å². The Hall–Kier alpha value is -5.90. The molecule has 2 unspecified atom stereocenters. The van der Waals surface area contributed by atoms with Gasteiger partial charge >= 0.3 is 11.9 Å². The number of thiazole rings is 1. The number of ether oxygens (including phenoxy) is 2. The van der Waals surface area contributed by atoms with E-state index < -0.39 is 36.0 Å². The van der Waals surface area contributed by atoms with Crippen LogP contribution >= 0.6 is 23.1 Å². The highest BCUT2D eigenvalue weighted by molar-refractivity contribution is 7.98. The number of carboxylic acid groups (broad SMARTS) is 2. The summed E-state index contributed by atoms with van der Waals surface area (Å²) in [4.78, 5) is 69.1. The van der Waals surface area contributed by atoms with Crippen LogP contribution in [0.2, 0.25) is 0 Å². The normalized spacial score (nSPS) is 16.9. The van der Waals surface area contributed by atoms with E-state index in [1.54, 1.807) is 28.4 Å². The third kappa shape index (κ3) is 9.70. The van der Waals surface area contributed by atoms with Crippen LogP contribution < -0.4 is 15.4 Å². The number of imidazole rings is 2. The highest BCUT2D eigenvalue weighted by Crippen LogP contribution is 2.34. The standard InChI is InChI=1S/C42H49FN10O8S2/c1-6-27-36(63-24(4)44-27)38(55)48-42-45-28-19-25(39(56)57)21-30(61-16-10-11-50-14-17-60-18-15-50)33(28)51(42)12-8-9-13-52-34-29(20-26(40(58)59)22-31(34)62-5)46-41(52)47-37(54)35-32(43)23(3)49-53(35)7-2/h8-9,19-22,32,35H,6-7,10-18H2,1-5H3,(H,56,57)(H,58,59)(H,45,48,55)(H,46,47,54)/b9-8+. The van der Waals surface area contributed by atoms with Gasteiger partial charge in [-0.05, 0) is 64.1 Å². The highest BCUT2D eigenvalue weighted by atomic mass is 32.2. The molecule has 0 bridgehead atoms. The first-order valence-corrected chi connectivity index (χ1v) is 22.6. The van der Waals surface area contributed by atoms with Crippen LogP contribution in [-0.2, 0) is 29.0 Å². The molecule has 0 saturated carbocycles. The lowest BCUT2D eigenvalue weighted by Crippen LogP contribution is -2.45. The highest BCUT2D eigenvalue weighted by Gasteiger charge is 2.40. The van der Waals surface area contributed by atoms with Gasteiger partial charge in [-0.1, -0.05) is 19.1 Å². The Morgan fingerprint density at radius 1 is 0.937 bits per heavy atom. The van der Waals surface area contributed by atoms with E-state index >= 15 is 4.39 Å². The van der Waals surface area contributed by atoms with Gasteiger partial charge in [-0.3, -0.25) is 30.1 Å². The second kappa shape index (κ2) is 19.7. The molecule has 7 rings (SSSR count). The number of anilines is 2. The molecule has 0 radical (unpaired) electrons. The molecular formula is C42H49FN10O8S2. The van der Waals surface area contributed by atoms with Crippen LogP contribution in [0.5, 0.6) is 5.75 Å². The summed E-state index contributed by atoms with van der Waals surface area (Å²) in [5, 5.41) is 32.0. The quantitative estimate of drug-likeness (QED) is 0.0465. The summed E-state index contributed by atoms with van der Waals surface area (Å²) in [7, 11) is 0. The van der Waals surface area contributed by atoms with Gasteiger partial charge in [0.1, 0.15) is 16.1 Å². The van der Waals surface area contributed by atoms with Crippen molar-refractivity contribution in [2.24, 2.45) is 5.10 Å². The molecule has 2 aliphatic heterocycles. The van der Waals surface area contributed by atoms with Gasteiger partial charge in [0.05, 0.1) is 63.9 Å². The number of benzene rings is 2. The lowest BCUT2D eigenvalue weighted by molar-refractivity contribution is -0.122. The summed E-state index contributed by atoms with van der Waals surface area (Å²) >= 11 is 2.57. The minimum Gasteiger partial charge on any atom is -0.491 e. The number of morpholine rings is 1. The maximum atomic E-state index is 15.3. The van der Waals surface area contributed by atoms with Gasteiger partial charge in [0, 0.05) is 44.2 Å². The Morgan fingerprint density at radius 3 is 2.21 bits per heavy atom. The average Bonchev–Trinajstić information content (AvgIpc) is 4.01. The first-order valence-electron chi connectivity index (χ1n) is 20.5. The van der Waals surface area contributed by atoms with Crippen molar-refractivity contribution in [1.29, 1.82) is 0 Å². The molecule has 63 heavy (non-hydrogen) atoms. The largest absolute Gasteiger partial charge is 0.491 e. The van der Waals surface area contributed by atoms with E-state index in [-0.39, 0.29) is 54.2 Å². The van der Waals surface area contributed by atoms with Gasteiger partial charge in [-0.25, -0.2) is 28.9 Å². The molecular weight excluding hydrogens is 856 g/mol. The summed E-state index contributed by atoms with van der Waals surface area (Å²) in [5.41, 5.74) is 2.42. The lowest BCUT2D eigenvalue weighted by Gasteiger charge is -2.26. The molecule has 21 heteroatoms. The van der Waals surface area contributed by atoms with Crippen molar-refractivity contribution < 1.29 is 43.3 Å². The zero-order valence-corrected chi connectivity index (χ0v) is 37.1. The molecule has 18 nitrogen and oxygen atoms in total. The number of halogens is 1. The number of allylic oxidation sites excluding steroid dienone is 2. The predicted octanol–water partition coefficient (Wildman–Crippen LogP) is 5.80. The Morgan fingerprint density at radius 2 is 1.57 bits per heavy atom. The van der Waals surface area contributed by atoms with Crippen LogP contribution in [0.3, 0.4) is 0 Å². The number of carbonyl (C=O) groups excluding carboxylic acids is 2. The maximum Gasteiger partial charge on any atom is 0.335 e. The Labute approximate surface area is 370 Å². The van der Waals surface area contributed by atoms with Crippen molar-refractivity contribution in [1.82, 2.24) is 34.0 Å². The number of hydrogen-bond acceptors (Lipinski definition) is 14. The monoisotopic (exact) mass is 904 g/mol. The minimum absolute atomic E-state index is 0.0111. The maximum absolute atomic E-state index is 15.3. The third-order valence-corrected chi connectivity index (χ3v) is 12.5. The van der Waals surface area contributed by atoms with E-state index in [9.17, 15) is 29.4 Å². The molecule has 1 fully saturated rings. The second-order valence-corrected chi connectivity index (χ2v) is 16.9. The number of aromatic nitrogens is 5. The van der Waals surface area contributed by atoms with E-state index in [0.29, 0.717) is 70.1 Å². The first-order chi connectivity index (χ1) is 30.3. The first kappa shape index (κ1) is 45.1. The number of hydrogen-bond donors (Lipinski definition) is 4. The third-order valence-electron chi connectivity index (χ3n) is 10.7. The van der Waals surface area contributed by atoms with E-state index in [2.05, 4.69) is 30.6 Å². The molecule has 5 aromatic rings. The van der Waals surface area contributed by atoms with Crippen LogP contribution in [0.1, 0.15) is 68.3 Å². The van der Waals surface area contributed by atoms with Crippen LogP contribution in [-0.4, -0.2) is 138 Å². The zero-order valence-electron chi connectivity index (χ0n) is 35.5. The van der Waals surface area contributed by atoms with Crippen molar-refractivity contribution in [3.05, 3.63) is 63.1 Å². The average molecular weight is 905 g/mol. The number of likely N-dealkylation sites (N-methyl/N-ethyl adjacent to an activating group) is 1. The Balaban J connectivity index is 1.24. The molecule has 4 N–H and O–H groups in total. The summed E-state index contributed by atoms with van der Waals surface area (Å²) < 4.78 is 30.5.